The Kier molecular flexibility index (Phi) is 6.19. The molecule has 0 aromatic carbocycles. The van der Waals surface area contributed by atoms with Gasteiger partial charge in [0.05, 0.1) is 19.4 Å². The maximum absolute atomic E-state index is 12.3. The molecule has 0 radical (unpaired) electrons. The van der Waals surface area contributed by atoms with Gasteiger partial charge >= 0.3 is 5.97 Å². The number of piperazine rings is 1. The number of thiophene rings is 1. The SMILES string of the molecule is CCN1C=C(N2CCN(C(=O)CCCC(=O)OC)CC2)c2ccsc2C1. The summed E-state index contributed by atoms with van der Waals surface area (Å²) in [7, 11) is 1.38. The molecule has 7 heteroatoms. The van der Waals surface area contributed by atoms with E-state index in [9.17, 15) is 9.59 Å². The molecule has 26 heavy (non-hydrogen) atoms. The molecule has 0 saturated carbocycles. The van der Waals surface area contributed by atoms with Crippen LogP contribution in [0.4, 0.5) is 0 Å². The van der Waals surface area contributed by atoms with Gasteiger partial charge in [-0.15, -0.1) is 11.3 Å². The van der Waals surface area contributed by atoms with Gasteiger partial charge in [-0.05, 0) is 24.8 Å². The first-order valence-corrected chi connectivity index (χ1v) is 10.1. The zero-order valence-electron chi connectivity index (χ0n) is 15.6. The second-order valence-electron chi connectivity index (χ2n) is 6.63. The summed E-state index contributed by atoms with van der Waals surface area (Å²) in [6.07, 6.45) is 3.54. The number of carbonyl (C=O) groups is 2. The van der Waals surface area contributed by atoms with Gasteiger partial charge in [-0.3, -0.25) is 9.59 Å². The number of esters is 1. The van der Waals surface area contributed by atoms with Gasteiger partial charge < -0.3 is 19.4 Å². The number of rotatable bonds is 6. The zero-order chi connectivity index (χ0) is 18.5. The van der Waals surface area contributed by atoms with Crippen LogP contribution in [0.15, 0.2) is 17.6 Å². The Morgan fingerprint density at radius 3 is 2.65 bits per heavy atom. The summed E-state index contributed by atoms with van der Waals surface area (Å²) in [6.45, 7) is 7.34. The van der Waals surface area contributed by atoms with Gasteiger partial charge in [0.15, 0.2) is 0 Å². The minimum Gasteiger partial charge on any atom is -0.469 e. The van der Waals surface area contributed by atoms with Crippen LogP contribution in [0.5, 0.6) is 0 Å². The molecular formula is C19H27N3O3S. The van der Waals surface area contributed by atoms with Crippen LogP contribution in [0, 0.1) is 0 Å². The van der Waals surface area contributed by atoms with Gasteiger partial charge in [-0.2, -0.15) is 0 Å². The Morgan fingerprint density at radius 1 is 1.19 bits per heavy atom. The minimum absolute atomic E-state index is 0.137. The van der Waals surface area contributed by atoms with E-state index in [4.69, 9.17) is 0 Å². The summed E-state index contributed by atoms with van der Waals surface area (Å²) in [4.78, 5) is 31.6. The molecule has 0 spiro atoms. The first-order valence-electron chi connectivity index (χ1n) is 9.24. The van der Waals surface area contributed by atoms with Crippen molar-refractivity contribution in [2.75, 3.05) is 39.8 Å². The van der Waals surface area contributed by atoms with Crippen LogP contribution in [-0.2, 0) is 20.9 Å². The van der Waals surface area contributed by atoms with Crippen LogP contribution in [0.1, 0.15) is 36.6 Å². The maximum Gasteiger partial charge on any atom is 0.305 e. The summed E-state index contributed by atoms with van der Waals surface area (Å²) >= 11 is 1.82. The fourth-order valence-electron chi connectivity index (χ4n) is 3.46. The molecule has 1 aromatic heterocycles. The van der Waals surface area contributed by atoms with Crippen molar-refractivity contribution in [3.63, 3.8) is 0 Å². The number of fused-ring (bicyclic) bond motifs is 1. The van der Waals surface area contributed by atoms with Gasteiger partial charge in [-0.1, -0.05) is 0 Å². The summed E-state index contributed by atoms with van der Waals surface area (Å²) in [5, 5.41) is 2.17. The van der Waals surface area contributed by atoms with E-state index in [1.165, 1.54) is 23.2 Å². The van der Waals surface area contributed by atoms with Crippen LogP contribution in [0.25, 0.3) is 5.70 Å². The number of nitrogens with zero attached hydrogens (tertiary/aromatic N) is 3. The zero-order valence-corrected chi connectivity index (χ0v) is 16.4. The average molecular weight is 378 g/mol. The standard InChI is InChI=1S/C19H27N3O3S/c1-3-20-13-16(15-7-12-26-17(15)14-20)21-8-10-22(11-9-21)18(23)5-4-6-19(24)25-2/h7,12-13H,3-6,8-11,14H2,1-2H3. The lowest BCUT2D eigenvalue weighted by Crippen LogP contribution is -2.48. The molecule has 3 rings (SSSR count). The van der Waals surface area contributed by atoms with E-state index in [0.717, 1.165) is 39.3 Å². The van der Waals surface area contributed by atoms with Crippen LogP contribution in [-0.4, -0.2) is 66.4 Å². The minimum atomic E-state index is -0.251. The molecule has 0 atom stereocenters. The smallest absolute Gasteiger partial charge is 0.305 e. The molecule has 2 aliphatic rings. The lowest BCUT2D eigenvalue weighted by Gasteiger charge is -2.39. The number of hydrogen-bond acceptors (Lipinski definition) is 6. The maximum atomic E-state index is 12.3. The number of carbonyl (C=O) groups excluding carboxylic acids is 2. The molecule has 3 heterocycles. The van der Waals surface area contributed by atoms with Crippen molar-refractivity contribution in [2.45, 2.75) is 32.7 Å². The van der Waals surface area contributed by atoms with Crippen molar-refractivity contribution < 1.29 is 14.3 Å². The van der Waals surface area contributed by atoms with Crippen molar-refractivity contribution in [1.82, 2.24) is 14.7 Å². The fourth-order valence-corrected chi connectivity index (χ4v) is 4.37. The second kappa shape index (κ2) is 8.58. The molecular weight excluding hydrogens is 350 g/mol. The molecule has 2 aliphatic heterocycles. The van der Waals surface area contributed by atoms with Crippen LogP contribution in [0.3, 0.4) is 0 Å². The van der Waals surface area contributed by atoms with Crippen molar-refractivity contribution in [1.29, 1.82) is 0 Å². The van der Waals surface area contributed by atoms with Crippen LogP contribution in [0.2, 0.25) is 0 Å². The van der Waals surface area contributed by atoms with Crippen molar-refractivity contribution in [3.05, 3.63) is 28.1 Å². The van der Waals surface area contributed by atoms with Gasteiger partial charge in [-0.25, -0.2) is 0 Å². The van der Waals surface area contributed by atoms with E-state index in [2.05, 4.69) is 39.1 Å². The number of hydrogen-bond donors (Lipinski definition) is 0. The quantitative estimate of drug-likeness (QED) is 0.713. The summed E-state index contributed by atoms with van der Waals surface area (Å²) < 4.78 is 4.62. The Labute approximate surface area is 159 Å². The van der Waals surface area contributed by atoms with Crippen molar-refractivity contribution >= 4 is 28.9 Å². The lowest BCUT2D eigenvalue weighted by molar-refractivity contribution is -0.141. The van der Waals surface area contributed by atoms with Gasteiger partial charge in [0.1, 0.15) is 0 Å². The summed E-state index contributed by atoms with van der Waals surface area (Å²) in [5.41, 5.74) is 2.63. The topological polar surface area (TPSA) is 53.1 Å². The lowest BCUT2D eigenvalue weighted by atomic mass is 10.1. The molecule has 0 bridgehead atoms. The third kappa shape index (κ3) is 4.20. The van der Waals surface area contributed by atoms with Gasteiger partial charge in [0.25, 0.3) is 0 Å². The molecule has 1 saturated heterocycles. The van der Waals surface area contributed by atoms with Crippen LogP contribution >= 0.6 is 11.3 Å². The highest BCUT2D eigenvalue weighted by molar-refractivity contribution is 7.10. The molecule has 142 valence electrons. The highest BCUT2D eigenvalue weighted by atomic mass is 32.1. The Morgan fingerprint density at radius 2 is 1.96 bits per heavy atom. The summed E-state index contributed by atoms with van der Waals surface area (Å²) in [5.74, 6) is -0.114. The molecule has 1 amide bonds. The molecule has 1 aromatic rings. The van der Waals surface area contributed by atoms with Crippen molar-refractivity contribution in [3.8, 4) is 0 Å². The van der Waals surface area contributed by atoms with E-state index in [1.54, 1.807) is 0 Å². The number of ether oxygens (including phenoxy) is 1. The Balaban J connectivity index is 1.54. The number of amides is 1. The van der Waals surface area contributed by atoms with Crippen LogP contribution < -0.4 is 0 Å². The Bertz CT molecular complexity index is 677. The largest absolute Gasteiger partial charge is 0.469 e. The average Bonchev–Trinajstić information content (AvgIpc) is 3.15. The van der Waals surface area contributed by atoms with E-state index >= 15 is 0 Å². The second-order valence-corrected chi connectivity index (χ2v) is 7.63. The fraction of sp³-hybridized carbons (Fsp3) is 0.579. The predicted molar refractivity (Wildman–Crippen MR) is 102 cm³/mol. The third-order valence-electron chi connectivity index (χ3n) is 5.05. The highest BCUT2D eigenvalue weighted by Gasteiger charge is 2.26. The third-order valence-corrected chi connectivity index (χ3v) is 5.96. The van der Waals surface area contributed by atoms with E-state index in [1.807, 2.05) is 16.2 Å². The normalized spacial score (nSPS) is 17.0. The Hall–Kier alpha value is -2.02. The monoisotopic (exact) mass is 377 g/mol. The first-order chi connectivity index (χ1) is 12.6. The first kappa shape index (κ1) is 18.8. The highest BCUT2D eigenvalue weighted by Crippen LogP contribution is 2.33. The predicted octanol–water partition coefficient (Wildman–Crippen LogP) is 2.37. The molecule has 0 N–H and O–H groups in total. The van der Waals surface area contributed by atoms with E-state index in [-0.39, 0.29) is 11.9 Å². The summed E-state index contributed by atoms with van der Waals surface area (Å²) in [6, 6.07) is 2.21. The molecule has 0 unspecified atom stereocenters. The van der Waals surface area contributed by atoms with E-state index in [0.29, 0.717) is 19.3 Å². The molecule has 6 nitrogen and oxygen atoms in total. The van der Waals surface area contributed by atoms with Gasteiger partial charge in [0, 0.05) is 62.2 Å². The number of methoxy groups -OCH3 is 1. The van der Waals surface area contributed by atoms with Crippen molar-refractivity contribution in [2.24, 2.45) is 0 Å². The van der Waals surface area contributed by atoms with Gasteiger partial charge in [0.2, 0.25) is 5.91 Å². The van der Waals surface area contributed by atoms with E-state index < -0.39 is 0 Å². The molecule has 0 aliphatic carbocycles. The molecule has 1 fully saturated rings.